The second-order valence-electron chi connectivity index (χ2n) is 4.22. The van der Waals surface area contributed by atoms with Crippen molar-refractivity contribution in [3.63, 3.8) is 0 Å². The van der Waals surface area contributed by atoms with Gasteiger partial charge in [0.15, 0.2) is 5.75 Å². The lowest BCUT2D eigenvalue weighted by Crippen LogP contribution is -2.30. The van der Waals surface area contributed by atoms with E-state index in [-0.39, 0.29) is 23.7 Å². The predicted octanol–water partition coefficient (Wildman–Crippen LogP) is 1.87. The van der Waals surface area contributed by atoms with Crippen LogP contribution in [-0.2, 0) is 10.0 Å². The van der Waals surface area contributed by atoms with Crippen molar-refractivity contribution >= 4 is 37.6 Å². The number of hydrogen-bond donors (Lipinski definition) is 1. The average molecular weight is 371 g/mol. The lowest BCUT2D eigenvalue weighted by molar-refractivity contribution is 0.189. The van der Waals surface area contributed by atoms with Crippen molar-refractivity contribution in [2.45, 2.75) is 17.4 Å². The SMILES string of the molecule is COc1c(Br)cc(Cl)cc1S(=O)(=O)N1CC[C@@H](O)C1. The maximum absolute atomic E-state index is 12.5. The number of halogens is 2. The van der Waals surface area contributed by atoms with Crippen molar-refractivity contribution in [2.24, 2.45) is 0 Å². The number of ether oxygens (including phenoxy) is 1. The standard InChI is InChI=1S/C11H13BrClNO4S/c1-18-11-9(12)4-7(13)5-10(11)19(16,17)14-3-2-8(15)6-14/h4-5,8,15H,2-3,6H2,1H3/t8-/m1/s1. The molecule has 0 spiro atoms. The molecule has 1 N–H and O–H groups in total. The number of sulfonamides is 1. The molecule has 106 valence electrons. The first kappa shape index (κ1) is 15.1. The summed E-state index contributed by atoms with van der Waals surface area (Å²) in [5, 5.41) is 9.77. The van der Waals surface area contributed by atoms with Crippen LogP contribution in [0.1, 0.15) is 6.42 Å². The van der Waals surface area contributed by atoms with E-state index in [4.69, 9.17) is 16.3 Å². The maximum atomic E-state index is 12.5. The summed E-state index contributed by atoms with van der Waals surface area (Å²) in [5.74, 6) is 0.214. The highest BCUT2D eigenvalue weighted by Crippen LogP contribution is 2.37. The van der Waals surface area contributed by atoms with Gasteiger partial charge in [0.2, 0.25) is 10.0 Å². The van der Waals surface area contributed by atoms with Crippen LogP contribution in [0.4, 0.5) is 0 Å². The minimum atomic E-state index is -3.73. The molecule has 0 bridgehead atoms. The van der Waals surface area contributed by atoms with Gasteiger partial charge < -0.3 is 9.84 Å². The Bertz CT molecular complexity index is 593. The van der Waals surface area contributed by atoms with E-state index in [2.05, 4.69) is 15.9 Å². The fourth-order valence-corrected chi connectivity index (χ4v) is 4.86. The molecule has 1 aliphatic heterocycles. The molecule has 1 aromatic rings. The summed E-state index contributed by atoms with van der Waals surface area (Å²) in [6, 6.07) is 2.92. The number of β-amino-alcohol motifs (C(OH)–C–C–N with tert-alkyl or cyclic N) is 1. The van der Waals surface area contributed by atoms with E-state index in [1.807, 2.05) is 0 Å². The topological polar surface area (TPSA) is 66.8 Å². The smallest absolute Gasteiger partial charge is 0.246 e. The number of aliphatic hydroxyl groups excluding tert-OH is 1. The average Bonchev–Trinajstić information content (AvgIpc) is 2.75. The zero-order chi connectivity index (χ0) is 14.2. The molecular weight excluding hydrogens is 358 g/mol. The van der Waals surface area contributed by atoms with Gasteiger partial charge in [-0.3, -0.25) is 0 Å². The van der Waals surface area contributed by atoms with Crippen LogP contribution >= 0.6 is 27.5 Å². The Hall–Kier alpha value is -0.340. The Balaban J connectivity index is 2.51. The van der Waals surface area contributed by atoms with Gasteiger partial charge in [0.25, 0.3) is 0 Å². The van der Waals surface area contributed by atoms with E-state index < -0.39 is 16.1 Å². The van der Waals surface area contributed by atoms with Crippen molar-refractivity contribution < 1.29 is 18.3 Å². The lowest BCUT2D eigenvalue weighted by atomic mass is 10.3. The van der Waals surface area contributed by atoms with Crippen molar-refractivity contribution in [3.05, 3.63) is 21.6 Å². The molecule has 0 unspecified atom stereocenters. The first-order valence-electron chi connectivity index (χ1n) is 5.57. The Kier molecular flexibility index (Phi) is 4.42. The van der Waals surface area contributed by atoms with E-state index in [9.17, 15) is 13.5 Å². The van der Waals surface area contributed by atoms with E-state index in [0.717, 1.165) is 0 Å². The van der Waals surface area contributed by atoms with Gasteiger partial charge in [0.05, 0.1) is 17.7 Å². The number of nitrogens with zero attached hydrogens (tertiary/aromatic N) is 1. The minimum Gasteiger partial charge on any atom is -0.494 e. The molecule has 2 rings (SSSR count). The van der Waals surface area contributed by atoms with Gasteiger partial charge in [-0.15, -0.1) is 0 Å². The fourth-order valence-electron chi connectivity index (χ4n) is 1.99. The van der Waals surface area contributed by atoms with Crippen LogP contribution in [0.15, 0.2) is 21.5 Å². The summed E-state index contributed by atoms with van der Waals surface area (Å²) < 4.78 is 31.9. The minimum absolute atomic E-state index is 0.00322. The zero-order valence-corrected chi connectivity index (χ0v) is 13.3. The Labute approximate surface area is 125 Å². The molecule has 1 atom stereocenters. The van der Waals surface area contributed by atoms with Gasteiger partial charge in [-0.1, -0.05) is 11.6 Å². The molecule has 0 aromatic heterocycles. The molecule has 1 aromatic carbocycles. The molecule has 1 heterocycles. The third-order valence-corrected chi connectivity index (χ3v) is 5.60. The number of aliphatic hydroxyl groups is 1. The third-order valence-electron chi connectivity index (χ3n) is 2.92. The molecule has 1 fully saturated rings. The van der Waals surface area contributed by atoms with Gasteiger partial charge in [-0.25, -0.2) is 8.42 Å². The van der Waals surface area contributed by atoms with E-state index in [1.54, 1.807) is 6.07 Å². The van der Waals surface area contributed by atoms with E-state index in [0.29, 0.717) is 15.9 Å². The van der Waals surface area contributed by atoms with Crippen LogP contribution in [-0.4, -0.2) is 44.1 Å². The molecule has 0 aliphatic carbocycles. The highest BCUT2D eigenvalue weighted by molar-refractivity contribution is 9.10. The quantitative estimate of drug-likeness (QED) is 0.882. The molecule has 0 amide bonds. The molecular formula is C11H13BrClNO4S. The fraction of sp³-hybridized carbons (Fsp3) is 0.455. The van der Waals surface area contributed by atoms with Crippen molar-refractivity contribution in [1.29, 1.82) is 0 Å². The molecule has 0 radical (unpaired) electrons. The second kappa shape index (κ2) is 5.57. The van der Waals surface area contributed by atoms with Crippen LogP contribution in [0.3, 0.4) is 0 Å². The van der Waals surface area contributed by atoms with E-state index >= 15 is 0 Å². The first-order chi connectivity index (χ1) is 8.86. The van der Waals surface area contributed by atoms with Crippen molar-refractivity contribution in [3.8, 4) is 5.75 Å². The molecule has 5 nitrogen and oxygen atoms in total. The molecule has 0 saturated carbocycles. The number of rotatable bonds is 3. The zero-order valence-electron chi connectivity index (χ0n) is 10.1. The highest BCUT2D eigenvalue weighted by Gasteiger charge is 2.34. The first-order valence-corrected chi connectivity index (χ1v) is 8.18. The highest BCUT2D eigenvalue weighted by atomic mass is 79.9. The van der Waals surface area contributed by atoms with Gasteiger partial charge in [0, 0.05) is 18.1 Å². The summed E-state index contributed by atoms with van der Waals surface area (Å²) >= 11 is 9.13. The summed E-state index contributed by atoms with van der Waals surface area (Å²) in [6.45, 7) is 0.381. The monoisotopic (exact) mass is 369 g/mol. The number of methoxy groups -OCH3 is 1. The van der Waals surface area contributed by atoms with Crippen LogP contribution in [0.25, 0.3) is 0 Å². The summed E-state index contributed by atoms with van der Waals surface area (Å²) in [4.78, 5) is 0.00322. The molecule has 1 saturated heterocycles. The number of hydrogen-bond acceptors (Lipinski definition) is 4. The van der Waals surface area contributed by atoms with Crippen molar-refractivity contribution in [1.82, 2.24) is 4.31 Å². The number of benzene rings is 1. The Morgan fingerprint density at radius 3 is 2.74 bits per heavy atom. The summed E-state index contributed by atoms with van der Waals surface area (Å²) in [7, 11) is -2.33. The van der Waals surface area contributed by atoms with Crippen molar-refractivity contribution in [2.75, 3.05) is 20.2 Å². The molecule has 8 heteroatoms. The summed E-state index contributed by atoms with van der Waals surface area (Å²) in [5.41, 5.74) is 0. The maximum Gasteiger partial charge on any atom is 0.246 e. The Morgan fingerprint density at radius 1 is 1.53 bits per heavy atom. The second-order valence-corrected chi connectivity index (χ2v) is 7.42. The normalized spacial score (nSPS) is 20.7. The third kappa shape index (κ3) is 2.90. The van der Waals surface area contributed by atoms with Crippen LogP contribution in [0, 0.1) is 0 Å². The van der Waals surface area contributed by atoms with Gasteiger partial charge in [0.1, 0.15) is 4.90 Å². The molecule has 19 heavy (non-hydrogen) atoms. The predicted molar refractivity (Wildman–Crippen MR) is 75.1 cm³/mol. The van der Waals surface area contributed by atoms with Gasteiger partial charge in [-0.05, 0) is 34.5 Å². The van der Waals surface area contributed by atoms with E-state index in [1.165, 1.54) is 17.5 Å². The largest absolute Gasteiger partial charge is 0.494 e. The van der Waals surface area contributed by atoms with Crippen LogP contribution in [0.2, 0.25) is 5.02 Å². The Morgan fingerprint density at radius 2 is 2.21 bits per heavy atom. The lowest BCUT2D eigenvalue weighted by Gasteiger charge is -2.18. The summed E-state index contributed by atoms with van der Waals surface area (Å²) in [6.07, 6.45) is -0.188. The molecule has 1 aliphatic rings. The van der Waals surface area contributed by atoms with Gasteiger partial charge in [-0.2, -0.15) is 4.31 Å². The van der Waals surface area contributed by atoms with Crippen LogP contribution in [0.5, 0.6) is 5.75 Å². The van der Waals surface area contributed by atoms with Gasteiger partial charge >= 0.3 is 0 Å². The van der Waals surface area contributed by atoms with Crippen LogP contribution < -0.4 is 4.74 Å².